The zero-order valence-corrected chi connectivity index (χ0v) is 19.0. The van der Waals surface area contributed by atoms with Crippen molar-refractivity contribution in [3.8, 4) is 5.75 Å². The Balaban J connectivity index is 1.59. The minimum Gasteiger partial charge on any atom is -0.494 e. The Morgan fingerprint density at radius 3 is 2.24 bits per heavy atom. The fourth-order valence-electron chi connectivity index (χ4n) is 3.73. The van der Waals surface area contributed by atoms with E-state index in [1.54, 1.807) is 36.4 Å². The van der Waals surface area contributed by atoms with E-state index in [2.05, 4.69) is 10.6 Å². The van der Waals surface area contributed by atoms with Crippen LogP contribution < -0.4 is 20.3 Å². The Bertz CT molecular complexity index is 1310. The molecule has 0 bridgehead atoms. The maximum absolute atomic E-state index is 13.1. The number of rotatable bonds is 6. The second-order valence-corrected chi connectivity index (χ2v) is 7.82. The van der Waals surface area contributed by atoms with Gasteiger partial charge in [0.15, 0.2) is 0 Å². The van der Waals surface area contributed by atoms with Crippen molar-refractivity contribution in [3.63, 3.8) is 0 Å². The molecule has 172 valence electrons. The zero-order valence-electron chi connectivity index (χ0n) is 19.0. The lowest BCUT2D eigenvalue weighted by Gasteiger charge is -2.14. The van der Waals surface area contributed by atoms with Crippen molar-refractivity contribution >= 4 is 40.7 Å². The van der Waals surface area contributed by atoms with Crippen molar-refractivity contribution in [2.24, 2.45) is 0 Å². The van der Waals surface area contributed by atoms with Gasteiger partial charge in [0.25, 0.3) is 17.7 Å². The van der Waals surface area contributed by atoms with Crippen molar-refractivity contribution in [2.75, 3.05) is 22.1 Å². The summed E-state index contributed by atoms with van der Waals surface area (Å²) in [7, 11) is 0. The SMILES string of the molecule is CCOc1ccc(N2C(=O)c3ccc(C(=O)Nc4cc(C)ccc4NC(C)=O)cc3C2=O)cc1. The van der Waals surface area contributed by atoms with Crippen molar-refractivity contribution in [1.29, 1.82) is 0 Å². The van der Waals surface area contributed by atoms with E-state index in [-0.39, 0.29) is 22.6 Å². The van der Waals surface area contributed by atoms with Crippen molar-refractivity contribution in [2.45, 2.75) is 20.8 Å². The lowest BCUT2D eigenvalue weighted by molar-refractivity contribution is -0.114. The first-order valence-electron chi connectivity index (χ1n) is 10.7. The quantitative estimate of drug-likeness (QED) is 0.534. The van der Waals surface area contributed by atoms with E-state index in [0.717, 1.165) is 10.5 Å². The molecule has 0 aliphatic carbocycles. The molecular weight excluding hydrogens is 434 g/mol. The first-order valence-corrected chi connectivity index (χ1v) is 10.7. The van der Waals surface area contributed by atoms with Crippen LogP contribution in [0, 0.1) is 6.92 Å². The number of carbonyl (C=O) groups is 4. The monoisotopic (exact) mass is 457 g/mol. The number of nitrogens with one attached hydrogen (secondary N) is 2. The first-order chi connectivity index (χ1) is 16.3. The zero-order chi connectivity index (χ0) is 24.4. The maximum Gasteiger partial charge on any atom is 0.266 e. The van der Waals surface area contributed by atoms with E-state index in [4.69, 9.17) is 4.74 Å². The van der Waals surface area contributed by atoms with Crippen LogP contribution >= 0.6 is 0 Å². The average molecular weight is 457 g/mol. The summed E-state index contributed by atoms with van der Waals surface area (Å²) in [5.41, 5.74) is 2.79. The number of imide groups is 1. The highest BCUT2D eigenvalue weighted by Crippen LogP contribution is 2.31. The number of amides is 4. The summed E-state index contributed by atoms with van der Waals surface area (Å²) in [5, 5.41) is 5.45. The number of benzene rings is 3. The standard InChI is InChI=1S/C26H23N3O5/c1-4-34-19-9-7-18(8-10-19)29-25(32)20-11-6-17(14-21(20)26(29)33)24(31)28-23-13-15(2)5-12-22(23)27-16(3)30/h5-14H,4H2,1-3H3,(H,27,30)(H,28,31). The summed E-state index contributed by atoms with van der Waals surface area (Å²) < 4.78 is 5.41. The number of fused-ring (bicyclic) bond motifs is 1. The van der Waals surface area contributed by atoms with E-state index in [9.17, 15) is 19.2 Å². The van der Waals surface area contributed by atoms with E-state index in [1.807, 2.05) is 19.9 Å². The summed E-state index contributed by atoms with van der Waals surface area (Å²) in [5.74, 6) is -1.07. The highest BCUT2D eigenvalue weighted by Gasteiger charge is 2.37. The van der Waals surface area contributed by atoms with Gasteiger partial charge >= 0.3 is 0 Å². The highest BCUT2D eigenvalue weighted by atomic mass is 16.5. The molecule has 0 saturated carbocycles. The average Bonchev–Trinajstić information content (AvgIpc) is 3.05. The van der Waals surface area contributed by atoms with Gasteiger partial charge in [-0.15, -0.1) is 0 Å². The molecule has 0 fully saturated rings. The molecule has 0 unspecified atom stereocenters. The van der Waals surface area contributed by atoms with Gasteiger partial charge in [-0.25, -0.2) is 4.90 Å². The number of nitrogens with zero attached hydrogens (tertiary/aromatic N) is 1. The van der Waals surface area contributed by atoms with Gasteiger partial charge in [-0.1, -0.05) is 6.07 Å². The normalized spacial score (nSPS) is 12.4. The summed E-state index contributed by atoms with van der Waals surface area (Å²) in [6.07, 6.45) is 0. The minimum absolute atomic E-state index is 0.151. The Hall–Kier alpha value is -4.46. The molecule has 0 spiro atoms. The van der Waals surface area contributed by atoms with E-state index in [1.165, 1.54) is 25.1 Å². The minimum atomic E-state index is -0.506. The summed E-state index contributed by atoms with van der Waals surface area (Å²) in [6.45, 7) is 5.62. The summed E-state index contributed by atoms with van der Waals surface area (Å²) >= 11 is 0. The molecule has 3 aromatic carbocycles. The van der Waals surface area contributed by atoms with Crippen LogP contribution in [-0.4, -0.2) is 30.2 Å². The van der Waals surface area contributed by atoms with Crippen molar-refractivity contribution in [1.82, 2.24) is 0 Å². The molecule has 4 amide bonds. The molecule has 34 heavy (non-hydrogen) atoms. The van der Waals surface area contributed by atoms with Gasteiger partial charge in [0.1, 0.15) is 5.75 Å². The smallest absolute Gasteiger partial charge is 0.266 e. The van der Waals surface area contributed by atoms with Gasteiger partial charge in [0.2, 0.25) is 5.91 Å². The molecule has 2 N–H and O–H groups in total. The van der Waals surface area contributed by atoms with Crippen LogP contribution in [0.2, 0.25) is 0 Å². The number of ether oxygens (including phenoxy) is 1. The lowest BCUT2D eigenvalue weighted by Crippen LogP contribution is -2.29. The van der Waals surface area contributed by atoms with E-state index >= 15 is 0 Å². The largest absolute Gasteiger partial charge is 0.494 e. The predicted octanol–water partition coefficient (Wildman–Crippen LogP) is 4.41. The van der Waals surface area contributed by atoms with Crippen LogP contribution in [0.1, 0.15) is 50.5 Å². The number of carbonyl (C=O) groups excluding carboxylic acids is 4. The van der Waals surface area contributed by atoms with Gasteiger partial charge in [-0.3, -0.25) is 19.2 Å². The van der Waals surface area contributed by atoms with E-state index in [0.29, 0.717) is 29.4 Å². The fourth-order valence-corrected chi connectivity index (χ4v) is 3.73. The third-order valence-corrected chi connectivity index (χ3v) is 5.29. The fraction of sp³-hybridized carbons (Fsp3) is 0.154. The molecule has 0 atom stereocenters. The van der Waals surface area contributed by atoms with Crippen LogP contribution in [-0.2, 0) is 4.79 Å². The van der Waals surface area contributed by atoms with Crippen LogP contribution in [0.3, 0.4) is 0 Å². The summed E-state index contributed by atoms with van der Waals surface area (Å²) in [4.78, 5) is 51.5. The highest BCUT2D eigenvalue weighted by molar-refractivity contribution is 6.34. The van der Waals surface area contributed by atoms with Crippen LogP contribution in [0.15, 0.2) is 60.7 Å². The molecule has 0 radical (unpaired) electrons. The molecular formula is C26H23N3O5. The molecule has 1 aliphatic rings. The molecule has 0 saturated heterocycles. The Morgan fingerprint density at radius 2 is 1.56 bits per heavy atom. The van der Waals surface area contributed by atoms with Gasteiger partial charge in [-0.05, 0) is 74.0 Å². The number of hydrogen-bond donors (Lipinski definition) is 2. The van der Waals surface area contributed by atoms with Gasteiger partial charge < -0.3 is 15.4 Å². The summed E-state index contributed by atoms with van der Waals surface area (Å²) in [6, 6.07) is 16.3. The first kappa shape index (κ1) is 22.7. The molecule has 8 nitrogen and oxygen atoms in total. The number of hydrogen-bond acceptors (Lipinski definition) is 5. The second-order valence-electron chi connectivity index (χ2n) is 7.82. The molecule has 0 aromatic heterocycles. The molecule has 1 aliphatic heterocycles. The number of anilines is 3. The third-order valence-electron chi connectivity index (χ3n) is 5.29. The van der Waals surface area contributed by atoms with Crippen LogP contribution in [0.4, 0.5) is 17.1 Å². The van der Waals surface area contributed by atoms with Gasteiger partial charge in [0, 0.05) is 12.5 Å². The van der Waals surface area contributed by atoms with E-state index < -0.39 is 17.7 Å². The second kappa shape index (κ2) is 9.19. The predicted molar refractivity (Wildman–Crippen MR) is 129 cm³/mol. The molecule has 1 heterocycles. The van der Waals surface area contributed by atoms with Crippen molar-refractivity contribution < 1.29 is 23.9 Å². The van der Waals surface area contributed by atoms with Gasteiger partial charge in [0.05, 0.1) is 34.8 Å². The molecule has 4 rings (SSSR count). The van der Waals surface area contributed by atoms with Gasteiger partial charge in [-0.2, -0.15) is 0 Å². The molecule has 3 aromatic rings. The third kappa shape index (κ3) is 4.38. The topological polar surface area (TPSA) is 105 Å². The molecule has 8 heteroatoms. The van der Waals surface area contributed by atoms with Crippen LogP contribution in [0.25, 0.3) is 0 Å². The van der Waals surface area contributed by atoms with Crippen LogP contribution in [0.5, 0.6) is 5.75 Å². The lowest BCUT2D eigenvalue weighted by atomic mass is 10.0. The Kier molecular flexibility index (Phi) is 6.14. The Labute approximate surface area is 196 Å². The van der Waals surface area contributed by atoms with Crippen molar-refractivity contribution in [3.05, 3.63) is 82.9 Å². The maximum atomic E-state index is 13.1. The number of aryl methyl sites for hydroxylation is 1. The Morgan fingerprint density at radius 1 is 0.853 bits per heavy atom.